The number of aryl methyl sites for hydroxylation is 2. The number of unbranched alkanes of at least 4 members (excludes halogenated alkanes) is 3. The Bertz CT molecular complexity index is 4140. The van der Waals surface area contributed by atoms with Gasteiger partial charge in [-0.3, -0.25) is 9.97 Å². The van der Waals surface area contributed by atoms with Gasteiger partial charge in [-0.1, -0.05) is 76.7 Å². The average molecular weight is 1160 g/mol. The van der Waals surface area contributed by atoms with Crippen molar-refractivity contribution in [3.63, 3.8) is 0 Å². The molecule has 0 saturated heterocycles. The van der Waals surface area contributed by atoms with Crippen LogP contribution in [0.1, 0.15) is 95.0 Å². The Morgan fingerprint density at radius 3 is 1.32 bits per heavy atom. The van der Waals surface area contributed by atoms with E-state index in [9.17, 15) is 0 Å². The minimum Gasteiger partial charge on any atom is -0.253 e. The summed E-state index contributed by atoms with van der Waals surface area (Å²) in [6, 6.07) is 32.8. The molecule has 0 fully saturated rings. The second kappa shape index (κ2) is 19.6. The number of benzene rings is 1. The van der Waals surface area contributed by atoms with Crippen molar-refractivity contribution < 1.29 is 0 Å². The molecule has 0 aliphatic carbocycles. The molecule has 13 rings (SSSR count). The molecule has 0 radical (unpaired) electrons. The molecule has 12 heterocycles. The zero-order valence-electron chi connectivity index (χ0n) is 42.5. The van der Waals surface area contributed by atoms with E-state index in [4.69, 9.17) is 9.97 Å². The van der Waals surface area contributed by atoms with Crippen molar-refractivity contribution >= 4 is 154 Å². The topological polar surface area (TPSA) is 77.3 Å². The van der Waals surface area contributed by atoms with Crippen molar-refractivity contribution in [2.75, 3.05) is 0 Å². The van der Waals surface area contributed by atoms with E-state index in [1.54, 1.807) is 11.3 Å². The van der Waals surface area contributed by atoms with Gasteiger partial charge in [-0.25, -0.2) is 0 Å². The van der Waals surface area contributed by atoms with Crippen LogP contribution in [0.3, 0.4) is 0 Å². The summed E-state index contributed by atoms with van der Waals surface area (Å²) in [5.41, 5.74) is 8.98. The number of fused-ring (bicyclic) bond motifs is 4. The van der Waals surface area contributed by atoms with Crippen molar-refractivity contribution in [3.8, 4) is 81.0 Å². The van der Waals surface area contributed by atoms with Crippen LogP contribution < -0.4 is 0 Å². The largest absolute Gasteiger partial charge is 0.253 e. The van der Waals surface area contributed by atoms with E-state index in [0.717, 1.165) is 60.0 Å². The summed E-state index contributed by atoms with van der Waals surface area (Å²) in [6.07, 6.45) is 9.85. The third kappa shape index (κ3) is 9.14. The van der Waals surface area contributed by atoms with E-state index in [0.29, 0.717) is 0 Å². The first-order valence-electron chi connectivity index (χ1n) is 25.1. The molecule has 0 aliphatic rings. The van der Waals surface area contributed by atoms with Gasteiger partial charge in [0, 0.05) is 102 Å². The highest BCUT2D eigenvalue weighted by atomic mass is 32.1. The monoisotopic (exact) mass is 1160 g/mol. The molecule has 0 N–H and O–H groups in total. The van der Waals surface area contributed by atoms with Gasteiger partial charge < -0.3 is 0 Å². The van der Waals surface area contributed by atoms with E-state index in [1.165, 1.54) is 138 Å². The number of aromatic nitrogens is 6. The first kappa shape index (κ1) is 49.8. The maximum atomic E-state index is 5.05. The Hall–Kier alpha value is -4.72. The molecule has 0 bridgehead atoms. The predicted octanol–water partition coefficient (Wildman–Crippen LogP) is 21.6. The highest BCUT2D eigenvalue weighted by Crippen LogP contribution is 2.56. The fourth-order valence-electron chi connectivity index (χ4n) is 9.63. The summed E-state index contributed by atoms with van der Waals surface area (Å²) >= 11 is 18.1. The second-order valence-corrected chi connectivity index (χ2v) is 31.2. The summed E-state index contributed by atoms with van der Waals surface area (Å²) in [7, 11) is 0. The van der Waals surface area contributed by atoms with Gasteiger partial charge in [-0.2, -0.15) is 0 Å². The highest BCUT2D eigenvalue weighted by molar-refractivity contribution is 7.31. The lowest BCUT2D eigenvalue weighted by atomic mass is 9.94. The van der Waals surface area contributed by atoms with Crippen LogP contribution in [-0.2, 0) is 17.3 Å². The molecular weight excluding hydrogens is 1110 g/mol. The number of rotatable bonds is 13. The molecule has 16 heteroatoms. The van der Waals surface area contributed by atoms with Gasteiger partial charge in [0.15, 0.2) is 0 Å². The summed E-state index contributed by atoms with van der Waals surface area (Å²) < 4.78 is 13.5. The molecule has 6 nitrogen and oxygen atoms in total. The van der Waals surface area contributed by atoms with Crippen LogP contribution in [0.2, 0.25) is 0 Å². The van der Waals surface area contributed by atoms with Crippen LogP contribution >= 0.6 is 114 Å². The van der Waals surface area contributed by atoms with Crippen molar-refractivity contribution in [2.45, 2.75) is 98.3 Å². The molecule has 0 atom stereocenters. The van der Waals surface area contributed by atoms with Crippen LogP contribution in [0.5, 0.6) is 0 Å². The summed E-state index contributed by atoms with van der Waals surface area (Å²) in [6.45, 7) is 18.3. The minimum absolute atomic E-state index is 0.0436. The third-order valence-corrected chi connectivity index (χ3v) is 25.6. The van der Waals surface area contributed by atoms with Gasteiger partial charge in [-0.15, -0.1) is 101 Å². The Balaban J connectivity index is 0.912. The number of hydrogen-bond acceptors (Lipinski definition) is 16. The highest BCUT2D eigenvalue weighted by Gasteiger charge is 2.28. The SMILES string of the molecule is CCCCCCc1cnc(-c2ccc(-c3ccc(-c4cc5c(-c6ccc(C(C)(C)C)s6)c6sc(-c7ccc(-c8ccc(-c9ncc(C)c%10nnsc9%10)s8)s7)cc6c(-c6ccc(C(C)(C)C)s6)c5s4)s3)s2)c2snnc12. The van der Waals surface area contributed by atoms with Crippen LogP contribution in [0.15, 0.2) is 97.3 Å². The average Bonchev–Trinajstić information content (AvgIpc) is 4.24. The van der Waals surface area contributed by atoms with Crippen LogP contribution in [0.25, 0.3) is 122 Å². The van der Waals surface area contributed by atoms with Crippen molar-refractivity contribution in [3.05, 3.63) is 118 Å². The van der Waals surface area contributed by atoms with E-state index < -0.39 is 0 Å². The quantitative estimate of drug-likeness (QED) is 0.107. The van der Waals surface area contributed by atoms with Gasteiger partial charge in [0.2, 0.25) is 0 Å². The van der Waals surface area contributed by atoms with Gasteiger partial charge in [0.1, 0.15) is 31.8 Å². The zero-order valence-corrected chi connectivity index (χ0v) is 50.7. The van der Waals surface area contributed by atoms with Gasteiger partial charge in [0.05, 0.1) is 9.75 Å². The van der Waals surface area contributed by atoms with E-state index in [-0.39, 0.29) is 10.8 Å². The fraction of sp³-hybridized carbons (Fsp3) is 0.254. The number of hydrogen-bond donors (Lipinski definition) is 0. The van der Waals surface area contributed by atoms with E-state index >= 15 is 0 Å². The first-order valence-corrected chi connectivity index (χ1v) is 33.2. The molecule has 0 aliphatic heterocycles. The van der Waals surface area contributed by atoms with Crippen molar-refractivity contribution in [2.24, 2.45) is 0 Å². The fourth-order valence-corrected chi connectivity index (χ4v) is 20.5. The summed E-state index contributed by atoms with van der Waals surface area (Å²) in [4.78, 5) is 27.9. The molecular formula is C59H50N6S10. The molecule has 0 spiro atoms. The Labute approximate surface area is 476 Å². The van der Waals surface area contributed by atoms with Gasteiger partial charge in [-0.05, 0) is 150 Å². The molecule has 376 valence electrons. The number of thiophene rings is 8. The molecule has 0 saturated carbocycles. The smallest absolute Gasteiger partial charge is 0.112 e. The maximum absolute atomic E-state index is 5.05. The van der Waals surface area contributed by atoms with Crippen molar-refractivity contribution in [1.82, 2.24) is 29.1 Å². The summed E-state index contributed by atoms with van der Waals surface area (Å²) in [5.74, 6) is 0. The molecule has 1 aromatic carbocycles. The second-order valence-electron chi connectivity index (χ2n) is 21.1. The standard InChI is InChI=1S/C59H50N6S10/c1-9-10-11-12-13-31-29-61-53(57-51(31)63-65-75-57)43-21-19-37(69-43)35-15-17-39(67-35)45-27-33-49(41-23-25-47(71-41)59(6,7)8)54-32(48(55(33)73-45)40-22-24-46(70-40)58(3,4)5)26-44(72-54)38-16-14-34(66-38)36-18-20-42(68-36)52-56-50(62-64-74-56)30(2)28-60-52/h14-29H,9-13H2,1-8H3. The summed E-state index contributed by atoms with van der Waals surface area (Å²) in [5, 5.41) is 11.7. The molecule has 12 aromatic heterocycles. The minimum atomic E-state index is 0.0436. The molecule has 75 heavy (non-hydrogen) atoms. The Morgan fingerprint density at radius 2 is 0.840 bits per heavy atom. The number of pyridine rings is 2. The van der Waals surface area contributed by atoms with Crippen molar-refractivity contribution in [1.29, 1.82) is 0 Å². The lowest BCUT2D eigenvalue weighted by Gasteiger charge is -2.16. The molecule has 0 amide bonds. The first-order chi connectivity index (χ1) is 36.3. The lowest BCUT2D eigenvalue weighted by molar-refractivity contribution is 0.603. The maximum Gasteiger partial charge on any atom is 0.112 e. The Morgan fingerprint density at radius 1 is 0.413 bits per heavy atom. The van der Waals surface area contributed by atoms with Crippen LogP contribution in [0.4, 0.5) is 0 Å². The molecule has 0 unspecified atom stereocenters. The normalized spacial score (nSPS) is 12.5. The van der Waals surface area contributed by atoms with E-state index in [2.05, 4.69) is 159 Å². The lowest BCUT2D eigenvalue weighted by Crippen LogP contribution is -2.07. The number of nitrogens with zero attached hydrogens (tertiary/aromatic N) is 6. The van der Waals surface area contributed by atoms with Crippen LogP contribution in [0, 0.1) is 6.92 Å². The van der Waals surface area contributed by atoms with Gasteiger partial charge in [0.25, 0.3) is 0 Å². The predicted molar refractivity (Wildman–Crippen MR) is 335 cm³/mol. The molecule has 13 aromatic rings. The van der Waals surface area contributed by atoms with Gasteiger partial charge >= 0.3 is 0 Å². The zero-order chi connectivity index (χ0) is 51.3. The third-order valence-electron chi connectivity index (χ3n) is 13.6. The van der Waals surface area contributed by atoms with E-state index in [1.807, 2.05) is 91.8 Å². The Kier molecular flexibility index (Phi) is 13.0. The van der Waals surface area contributed by atoms with Crippen LogP contribution in [-0.4, -0.2) is 29.1 Å².